The number of rotatable bonds is 5. The first-order valence-corrected chi connectivity index (χ1v) is 7.15. The number of amides is 1. The van der Waals surface area contributed by atoms with Gasteiger partial charge in [-0.3, -0.25) is 14.9 Å². The zero-order valence-electron chi connectivity index (χ0n) is 13.5. The van der Waals surface area contributed by atoms with Gasteiger partial charge in [0.05, 0.1) is 12.0 Å². The number of nitro benzene ring substituents is 1. The molecule has 0 spiro atoms. The lowest BCUT2D eigenvalue weighted by Crippen LogP contribution is -2.18. The van der Waals surface area contributed by atoms with Gasteiger partial charge in [-0.15, -0.1) is 10.2 Å². The van der Waals surface area contributed by atoms with Crippen LogP contribution in [0.2, 0.25) is 0 Å². The Kier molecular flexibility index (Phi) is 5.88. The minimum atomic E-state index is -0.549. The molecule has 9 heteroatoms. The SMILES string of the molecule is COc1ccc(C(=O)NN=C(C)N=Nc2ccccc2[N+](=O)[O-])cc1. The number of amidine groups is 1. The lowest BCUT2D eigenvalue weighted by Gasteiger charge is -2.02. The maximum absolute atomic E-state index is 11.9. The fraction of sp³-hybridized carbons (Fsp3) is 0.125. The van der Waals surface area contributed by atoms with E-state index in [2.05, 4.69) is 20.8 Å². The van der Waals surface area contributed by atoms with Crippen LogP contribution in [0.15, 0.2) is 63.9 Å². The van der Waals surface area contributed by atoms with E-state index in [1.807, 2.05) is 0 Å². The van der Waals surface area contributed by atoms with Crippen LogP contribution in [0.25, 0.3) is 0 Å². The molecular weight excluding hydrogens is 326 g/mol. The van der Waals surface area contributed by atoms with Crippen LogP contribution in [0.3, 0.4) is 0 Å². The summed E-state index contributed by atoms with van der Waals surface area (Å²) in [6.45, 7) is 1.51. The maximum Gasteiger partial charge on any atom is 0.296 e. The Morgan fingerprint density at radius 3 is 2.48 bits per heavy atom. The molecule has 0 saturated carbocycles. The number of ether oxygens (including phenoxy) is 1. The van der Waals surface area contributed by atoms with Crippen molar-refractivity contribution in [1.82, 2.24) is 5.43 Å². The number of nitrogens with one attached hydrogen (secondary N) is 1. The quantitative estimate of drug-likeness (QED) is 0.294. The molecule has 2 aromatic rings. The number of hydrogen-bond donors (Lipinski definition) is 1. The lowest BCUT2D eigenvalue weighted by molar-refractivity contribution is -0.384. The van der Waals surface area contributed by atoms with Gasteiger partial charge in [-0.25, -0.2) is 5.43 Å². The predicted octanol–water partition coefficient (Wildman–Crippen LogP) is 3.45. The Hall–Kier alpha value is -3.62. The lowest BCUT2D eigenvalue weighted by atomic mass is 10.2. The highest BCUT2D eigenvalue weighted by atomic mass is 16.6. The highest BCUT2D eigenvalue weighted by molar-refractivity contribution is 5.95. The van der Waals surface area contributed by atoms with Crippen molar-refractivity contribution in [3.63, 3.8) is 0 Å². The molecule has 2 aromatic carbocycles. The third-order valence-corrected chi connectivity index (χ3v) is 3.05. The number of carbonyl (C=O) groups is 1. The van der Waals surface area contributed by atoms with Crippen molar-refractivity contribution in [2.75, 3.05) is 7.11 Å². The van der Waals surface area contributed by atoms with Crippen molar-refractivity contribution in [2.24, 2.45) is 15.3 Å². The number of hydrogen-bond acceptors (Lipinski definition) is 6. The third kappa shape index (κ3) is 4.93. The summed E-state index contributed by atoms with van der Waals surface area (Å²) in [5.74, 6) is 0.345. The second-order valence-corrected chi connectivity index (χ2v) is 4.77. The molecule has 0 saturated heterocycles. The molecule has 25 heavy (non-hydrogen) atoms. The first-order valence-electron chi connectivity index (χ1n) is 7.15. The molecule has 2 rings (SSSR count). The first-order chi connectivity index (χ1) is 12.0. The van der Waals surface area contributed by atoms with Crippen LogP contribution in [-0.2, 0) is 0 Å². The normalized spacial score (nSPS) is 11.4. The molecule has 128 valence electrons. The van der Waals surface area contributed by atoms with Gasteiger partial charge in [-0.05, 0) is 37.3 Å². The molecular formula is C16H15N5O4. The van der Waals surface area contributed by atoms with Gasteiger partial charge in [0.15, 0.2) is 11.5 Å². The molecule has 1 amide bonds. The Morgan fingerprint density at radius 2 is 1.84 bits per heavy atom. The molecule has 0 fully saturated rings. The Labute approximate surface area is 143 Å². The number of methoxy groups -OCH3 is 1. The van der Waals surface area contributed by atoms with E-state index in [0.717, 1.165) is 0 Å². The maximum atomic E-state index is 11.9. The van der Waals surface area contributed by atoms with E-state index in [9.17, 15) is 14.9 Å². The molecule has 9 nitrogen and oxygen atoms in total. The summed E-state index contributed by atoms with van der Waals surface area (Å²) in [5, 5.41) is 22.2. The highest BCUT2D eigenvalue weighted by Crippen LogP contribution is 2.26. The molecule has 0 aliphatic heterocycles. The predicted molar refractivity (Wildman–Crippen MR) is 91.2 cm³/mol. The van der Waals surface area contributed by atoms with E-state index in [0.29, 0.717) is 11.3 Å². The van der Waals surface area contributed by atoms with Crippen molar-refractivity contribution < 1.29 is 14.5 Å². The fourth-order valence-corrected chi connectivity index (χ4v) is 1.79. The van der Waals surface area contributed by atoms with Gasteiger partial charge >= 0.3 is 0 Å². The average molecular weight is 341 g/mol. The molecule has 1 N–H and O–H groups in total. The Bertz CT molecular complexity index is 831. The van der Waals surface area contributed by atoms with E-state index in [-0.39, 0.29) is 17.2 Å². The number of benzene rings is 2. The summed E-state index contributed by atoms with van der Waals surface area (Å²) in [6, 6.07) is 12.4. The number of hydrazone groups is 1. The minimum absolute atomic E-state index is 0.100. The summed E-state index contributed by atoms with van der Waals surface area (Å²) < 4.78 is 5.01. The number of azo groups is 1. The number of nitro groups is 1. The van der Waals surface area contributed by atoms with E-state index in [4.69, 9.17) is 4.74 Å². The van der Waals surface area contributed by atoms with E-state index >= 15 is 0 Å². The summed E-state index contributed by atoms with van der Waals surface area (Å²) in [4.78, 5) is 22.3. The smallest absolute Gasteiger partial charge is 0.296 e. The molecule has 0 bridgehead atoms. The molecule has 0 atom stereocenters. The Balaban J connectivity index is 2.04. The second-order valence-electron chi connectivity index (χ2n) is 4.77. The van der Waals surface area contributed by atoms with Gasteiger partial charge in [0.2, 0.25) is 0 Å². The molecule has 0 aliphatic rings. The van der Waals surface area contributed by atoms with Crippen molar-refractivity contribution in [3.05, 3.63) is 64.2 Å². The largest absolute Gasteiger partial charge is 0.497 e. The van der Waals surface area contributed by atoms with Crippen LogP contribution in [0.4, 0.5) is 11.4 Å². The van der Waals surface area contributed by atoms with Gasteiger partial charge in [0.25, 0.3) is 11.6 Å². The number of carbonyl (C=O) groups excluding carboxylic acids is 1. The molecule has 0 heterocycles. The topological polar surface area (TPSA) is 119 Å². The highest BCUT2D eigenvalue weighted by Gasteiger charge is 2.11. The molecule has 0 radical (unpaired) electrons. The average Bonchev–Trinajstić information content (AvgIpc) is 2.64. The van der Waals surface area contributed by atoms with Gasteiger partial charge < -0.3 is 4.74 Å². The van der Waals surface area contributed by atoms with Crippen molar-refractivity contribution >= 4 is 23.1 Å². The van der Waals surface area contributed by atoms with Crippen LogP contribution in [0.5, 0.6) is 5.75 Å². The molecule has 0 aliphatic carbocycles. The van der Waals surface area contributed by atoms with Crippen LogP contribution >= 0.6 is 0 Å². The van der Waals surface area contributed by atoms with Gasteiger partial charge in [0, 0.05) is 11.6 Å². The molecule has 0 unspecified atom stereocenters. The van der Waals surface area contributed by atoms with Gasteiger partial charge in [-0.1, -0.05) is 12.1 Å². The van der Waals surface area contributed by atoms with E-state index in [1.54, 1.807) is 30.3 Å². The second kappa shape index (κ2) is 8.29. The van der Waals surface area contributed by atoms with Crippen LogP contribution in [0, 0.1) is 10.1 Å². The van der Waals surface area contributed by atoms with Crippen molar-refractivity contribution in [3.8, 4) is 5.75 Å². The van der Waals surface area contributed by atoms with Crippen molar-refractivity contribution in [2.45, 2.75) is 6.92 Å². The van der Waals surface area contributed by atoms with Crippen molar-refractivity contribution in [1.29, 1.82) is 0 Å². The number of para-hydroxylation sites is 1. The van der Waals surface area contributed by atoms with Gasteiger partial charge in [0.1, 0.15) is 5.75 Å². The molecule has 0 aromatic heterocycles. The summed E-state index contributed by atoms with van der Waals surface area (Å²) in [7, 11) is 1.53. The van der Waals surface area contributed by atoms with Crippen LogP contribution in [0.1, 0.15) is 17.3 Å². The summed E-state index contributed by atoms with van der Waals surface area (Å²) >= 11 is 0. The minimum Gasteiger partial charge on any atom is -0.497 e. The zero-order chi connectivity index (χ0) is 18.2. The monoisotopic (exact) mass is 341 g/mol. The van der Waals surface area contributed by atoms with Crippen LogP contribution in [-0.4, -0.2) is 23.8 Å². The third-order valence-electron chi connectivity index (χ3n) is 3.05. The van der Waals surface area contributed by atoms with Crippen LogP contribution < -0.4 is 10.2 Å². The first kappa shape index (κ1) is 17.7. The standard InChI is InChI=1S/C16H15N5O4/c1-11(17-19-14-5-3-4-6-15(14)21(23)24)18-20-16(22)12-7-9-13(25-2)10-8-12/h3-10H,1-2H3,(H,20,22). The summed E-state index contributed by atoms with van der Waals surface area (Å²) in [5.41, 5.74) is 2.66. The van der Waals surface area contributed by atoms with Gasteiger partial charge in [-0.2, -0.15) is 5.10 Å². The summed E-state index contributed by atoms with van der Waals surface area (Å²) in [6.07, 6.45) is 0. The zero-order valence-corrected chi connectivity index (χ0v) is 13.5. The van der Waals surface area contributed by atoms with E-state index < -0.39 is 10.8 Å². The fourth-order valence-electron chi connectivity index (χ4n) is 1.79. The Morgan fingerprint density at radius 1 is 1.16 bits per heavy atom. The number of nitrogens with zero attached hydrogens (tertiary/aromatic N) is 4. The van der Waals surface area contributed by atoms with E-state index in [1.165, 1.54) is 32.2 Å².